The summed E-state index contributed by atoms with van der Waals surface area (Å²) in [5, 5.41) is 14.9. The molecule has 0 aromatic heterocycles. The summed E-state index contributed by atoms with van der Waals surface area (Å²) in [6, 6.07) is 0.468. The van der Waals surface area contributed by atoms with Gasteiger partial charge in [0.25, 0.3) is 0 Å². The van der Waals surface area contributed by atoms with Crippen LogP contribution in [0.5, 0.6) is 0 Å². The van der Waals surface area contributed by atoms with Gasteiger partial charge in [0.05, 0.1) is 6.54 Å². The van der Waals surface area contributed by atoms with Crippen LogP contribution >= 0.6 is 0 Å². The number of aliphatic carboxylic acids is 1. The van der Waals surface area contributed by atoms with E-state index in [9.17, 15) is 9.59 Å². The molecule has 1 amide bonds. The van der Waals surface area contributed by atoms with Crippen LogP contribution < -0.4 is 10.6 Å². The van der Waals surface area contributed by atoms with Crippen molar-refractivity contribution in [2.45, 2.75) is 50.1 Å². The molecule has 16 heavy (non-hydrogen) atoms. The number of hydrogen-bond donors (Lipinski definition) is 3. The fourth-order valence-corrected chi connectivity index (χ4v) is 2.21. The molecule has 2 rings (SSSR count). The van der Waals surface area contributed by atoms with E-state index < -0.39 is 11.5 Å². The normalized spacial score (nSPS) is 23.0. The third-order valence-corrected chi connectivity index (χ3v) is 3.37. The van der Waals surface area contributed by atoms with Crippen molar-refractivity contribution in [2.75, 3.05) is 6.54 Å². The fraction of sp³-hybridized carbons (Fsp3) is 0.818. The van der Waals surface area contributed by atoms with Crippen LogP contribution in [0.15, 0.2) is 0 Å². The average Bonchev–Trinajstić information content (AvgIpc) is 2.95. The quantitative estimate of drug-likeness (QED) is 0.628. The second-order valence-electron chi connectivity index (χ2n) is 4.80. The lowest BCUT2D eigenvalue weighted by Crippen LogP contribution is -2.54. The van der Waals surface area contributed by atoms with Gasteiger partial charge >= 0.3 is 5.97 Å². The molecule has 5 heteroatoms. The zero-order chi connectivity index (χ0) is 11.6. The molecular formula is C11H18N2O3. The number of amides is 1. The summed E-state index contributed by atoms with van der Waals surface area (Å²) in [5.74, 6) is -1.10. The Kier molecular flexibility index (Phi) is 3.14. The van der Waals surface area contributed by atoms with E-state index in [2.05, 4.69) is 10.6 Å². The van der Waals surface area contributed by atoms with Gasteiger partial charge in [-0.05, 0) is 25.7 Å². The molecule has 2 fully saturated rings. The molecular weight excluding hydrogens is 208 g/mol. The molecule has 5 nitrogen and oxygen atoms in total. The number of carboxylic acid groups (broad SMARTS) is 1. The standard InChI is InChI=1S/C11H18N2O3/c14-9(7-12-8-3-4-8)13-11(10(15)16)5-1-2-6-11/h8,12H,1-7H2,(H,13,14)(H,15,16). The van der Waals surface area contributed by atoms with Crippen molar-refractivity contribution in [3.63, 3.8) is 0 Å². The van der Waals surface area contributed by atoms with E-state index in [0.29, 0.717) is 18.9 Å². The van der Waals surface area contributed by atoms with Crippen LogP contribution in [0.25, 0.3) is 0 Å². The third-order valence-electron chi connectivity index (χ3n) is 3.37. The van der Waals surface area contributed by atoms with Crippen LogP contribution in [0.2, 0.25) is 0 Å². The molecule has 3 N–H and O–H groups in total. The van der Waals surface area contributed by atoms with Crippen molar-refractivity contribution in [1.29, 1.82) is 0 Å². The van der Waals surface area contributed by atoms with Crippen molar-refractivity contribution < 1.29 is 14.7 Å². The van der Waals surface area contributed by atoms with Gasteiger partial charge in [0.1, 0.15) is 5.54 Å². The minimum absolute atomic E-state index is 0.198. The summed E-state index contributed by atoms with van der Waals surface area (Å²) in [5.41, 5.74) is -0.998. The minimum Gasteiger partial charge on any atom is -0.480 e. The van der Waals surface area contributed by atoms with Crippen LogP contribution in [0.1, 0.15) is 38.5 Å². The second-order valence-corrected chi connectivity index (χ2v) is 4.80. The van der Waals surface area contributed by atoms with E-state index in [0.717, 1.165) is 25.7 Å². The van der Waals surface area contributed by atoms with E-state index >= 15 is 0 Å². The zero-order valence-corrected chi connectivity index (χ0v) is 9.29. The molecule has 90 valence electrons. The van der Waals surface area contributed by atoms with E-state index in [1.165, 1.54) is 0 Å². The molecule has 0 bridgehead atoms. The van der Waals surface area contributed by atoms with Gasteiger partial charge in [-0.15, -0.1) is 0 Å². The van der Waals surface area contributed by atoms with Crippen LogP contribution in [0, 0.1) is 0 Å². The molecule has 0 aliphatic heterocycles. The zero-order valence-electron chi connectivity index (χ0n) is 9.29. The van der Waals surface area contributed by atoms with Gasteiger partial charge in [-0.25, -0.2) is 4.79 Å². The Morgan fingerprint density at radius 3 is 2.38 bits per heavy atom. The maximum atomic E-state index is 11.6. The van der Waals surface area contributed by atoms with Crippen molar-refractivity contribution in [2.24, 2.45) is 0 Å². The van der Waals surface area contributed by atoms with Crippen LogP contribution in [0.3, 0.4) is 0 Å². The van der Waals surface area contributed by atoms with Gasteiger partial charge in [-0.1, -0.05) is 12.8 Å². The molecule has 0 aromatic rings. The molecule has 0 unspecified atom stereocenters. The van der Waals surface area contributed by atoms with Gasteiger partial charge in [-0.2, -0.15) is 0 Å². The second kappa shape index (κ2) is 4.41. The van der Waals surface area contributed by atoms with E-state index in [4.69, 9.17) is 5.11 Å². The molecule has 0 heterocycles. The summed E-state index contributed by atoms with van der Waals surface area (Å²) in [6.45, 7) is 0.236. The molecule has 0 radical (unpaired) electrons. The molecule has 2 aliphatic carbocycles. The molecule has 0 aromatic carbocycles. The Morgan fingerprint density at radius 2 is 1.88 bits per heavy atom. The van der Waals surface area contributed by atoms with Gasteiger partial charge in [-0.3, -0.25) is 4.79 Å². The van der Waals surface area contributed by atoms with Crippen molar-refractivity contribution in [3.05, 3.63) is 0 Å². The molecule has 0 spiro atoms. The van der Waals surface area contributed by atoms with Crippen molar-refractivity contribution in [3.8, 4) is 0 Å². The first kappa shape index (κ1) is 11.4. The van der Waals surface area contributed by atoms with Crippen molar-refractivity contribution >= 4 is 11.9 Å². The predicted molar refractivity (Wildman–Crippen MR) is 58.0 cm³/mol. The highest BCUT2D eigenvalue weighted by atomic mass is 16.4. The first-order valence-corrected chi connectivity index (χ1v) is 5.90. The third kappa shape index (κ3) is 2.52. The highest BCUT2D eigenvalue weighted by Crippen LogP contribution is 2.29. The first-order valence-electron chi connectivity index (χ1n) is 5.90. The van der Waals surface area contributed by atoms with E-state index in [1.807, 2.05) is 0 Å². The maximum absolute atomic E-state index is 11.6. The van der Waals surface area contributed by atoms with Gasteiger partial charge in [0.15, 0.2) is 0 Å². The Morgan fingerprint density at radius 1 is 1.25 bits per heavy atom. The largest absolute Gasteiger partial charge is 0.480 e. The minimum atomic E-state index is -0.998. The van der Waals surface area contributed by atoms with Crippen LogP contribution in [0.4, 0.5) is 0 Å². The molecule has 2 saturated carbocycles. The number of carbonyl (C=O) groups is 2. The average molecular weight is 226 g/mol. The van der Waals surface area contributed by atoms with Gasteiger partial charge in [0, 0.05) is 6.04 Å². The van der Waals surface area contributed by atoms with Gasteiger partial charge < -0.3 is 15.7 Å². The molecule has 0 saturated heterocycles. The maximum Gasteiger partial charge on any atom is 0.329 e. The summed E-state index contributed by atoms with van der Waals surface area (Å²) in [4.78, 5) is 22.8. The topological polar surface area (TPSA) is 78.4 Å². The predicted octanol–water partition coefficient (Wildman–Crippen LogP) is 0.252. The number of nitrogens with one attached hydrogen (secondary N) is 2. The van der Waals surface area contributed by atoms with E-state index in [-0.39, 0.29) is 12.5 Å². The fourth-order valence-electron chi connectivity index (χ4n) is 2.21. The Balaban J connectivity index is 1.84. The highest BCUT2D eigenvalue weighted by Gasteiger charge is 2.42. The van der Waals surface area contributed by atoms with Crippen molar-refractivity contribution in [1.82, 2.24) is 10.6 Å². The monoisotopic (exact) mass is 226 g/mol. The lowest BCUT2D eigenvalue weighted by atomic mass is 9.98. The number of carbonyl (C=O) groups excluding carboxylic acids is 1. The van der Waals surface area contributed by atoms with E-state index in [1.54, 1.807) is 0 Å². The molecule has 2 aliphatic rings. The Hall–Kier alpha value is -1.10. The number of carboxylic acids is 1. The Labute approximate surface area is 94.6 Å². The first-order chi connectivity index (χ1) is 7.62. The summed E-state index contributed by atoms with van der Waals surface area (Å²) < 4.78 is 0. The van der Waals surface area contributed by atoms with Crippen LogP contribution in [-0.4, -0.2) is 35.1 Å². The number of hydrogen-bond acceptors (Lipinski definition) is 3. The highest BCUT2D eigenvalue weighted by molar-refractivity contribution is 5.88. The smallest absolute Gasteiger partial charge is 0.329 e. The lowest BCUT2D eigenvalue weighted by molar-refractivity contribution is -0.147. The van der Waals surface area contributed by atoms with Crippen LogP contribution in [-0.2, 0) is 9.59 Å². The number of rotatable bonds is 5. The molecule has 0 atom stereocenters. The summed E-state index contributed by atoms with van der Waals surface area (Å²) >= 11 is 0. The SMILES string of the molecule is O=C(CNC1CC1)NC1(C(=O)O)CCCC1. The summed E-state index contributed by atoms with van der Waals surface area (Å²) in [6.07, 6.45) is 5.11. The van der Waals surface area contributed by atoms with Gasteiger partial charge in [0.2, 0.25) is 5.91 Å². The summed E-state index contributed by atoms with van der Waals surface area (Å²) in [7, 11) is 0. The Bertz CT molecular complexity index is 294. The lowest BCUT2D eigenvalue weighted by Gasteiger charge is -2.25.